The fourth-order valence-electron chi connectivity index (χ4n) is 2.37. The molecule has 1 fully saturated rings. The topological polar surface area (TPSA) is 58.6 Å². The predicted molar refractivity (Wildman–Crippen MR) is 71.7 cm³/mol. The number of carboxylic acid groups (broad SMARTS) is 1. The number of rotatable bonds is 8. The van der Waals surface area contributed by atoms with E-state index in [4.69, 9.17) is 4.74 Å². The third kappa shape index (κ3) is 4.94. The molecular formula is C14H27NO3. The van der Waals surface area contributed by atoms with E-state index >= 15 is 0 Å². The van der Waals surface area contributed by atoms with Gasteiger partial charge in [-0.05, 0) is 38.6 Å². The van der Waals surface area contributed by atoms with Crippen molar-refractivity contribution in [1.82, 2.24) is 5.32 Å². The van der Waals surface area contributed by atoms with Crippen LogP contribution in [-0.4, -0.2) is 36.4 Å². The Hall–Kier alpha value is -0.610. The molecule has 1 saturated carbocycles. The summed E-state index contributed by atoms with van der Waals surface area (Å²) in [6.45, 7) is 5.38. The monoisotopic (exact) mass is 257 g/mol. The zero-order valence-corrected chi connectivity index (χ0v) is 11.7. The van der Waals surface area contributed by atoms with Crippen molar-refractivity contribution in [3.05, 3.63) is 0 Å². The second-order valence-electron chi connectivity index (χ2n) is 5.58. The van der Waals surface area contributed by atoms with Crippen LogP contribution in [0.5, 0.6) is 0 Å². The SMILES string of the molecule is CCCNC(C)(COCC1CCCCC1)C(=O)O. The van der Waals surface area contributed by atoms with Crippen molar-refractivity contribution in [3.8, 4) is 0 Å². The first-order valence-electron chi connectivity index (χ1n) is 7.14. The van der Waals surface area contributed by atoms with Gasteiger partial charge in [-0.25, -0.2) is 0 Å². The summed E-state index contributed by atoms with van der Waals surface area (Å²) in [5.74, 6) is -0.206. The van der Waals surface area contributed by atoms with E-state index in [2.05, 4.69) is 5.32 Å². The van der Waals surface area contributed by atoms with Crippen LogP contribution in [0.4, 0.5) is 0 Å². The number of carboxylic acids is 1. The number of hydrogen-bond acceptors (Lipinski definition) is 3. The highest BCUT2D eigenvalue weighted by Gasteiger charge is 2.32. The molecule has 4 nitrogen and oxygen atoms in total. The average Bonchev–Trinajstić information content (AvgIpc) is 2.37. The lowest BCUT2D eigenvalue weighted by Gasteiger charge is -2.28. The third-order valence-corrected chi connectivity index (χ3v) is 3.71. The van der Waals surface area contributed by atoms with Crippen LogP contribution in [0.1, 0.15) is 52.4 Å². The second-order valence-corrected chi connectivity index (χ2v) is 5.58. The van der Waals surface area contributed by atoms with Crippen molar-refractivity contribution < 1.29 is 14.6 Å². The number of aliphatic carboxylic acids is 1. The molecule has 1 aliphatic carbocycles. The summed E-state index contributed by atoms with van der Waals surface area (Å²) in [6.07, 6.45) is 7.29. The molecule has 1 atom stereocenters. The Morgan fingerprint density at radius 2 is 2.06 bits per heavy atom. The van der Waals surface area contributed by atoms with Gasteiger partial charge in [0.25, 0.3) is 0 Å². The molecule has 1 rings (SSSR count). The second kappa shape index (κ2) is 7.74. The molecule has 0 radical (unpaired) electrons. The van der Waals surface area contributed by atoms with E-state index in [9.17, 15) is 9.90 Å². The average molecular weight is 257 g/mol. The van der Waals surface area contributed by atoms with Crippen LogP contribution in [0, 0.1) is 5.92 Å². The van der Waals surface area contributed by atoms with Crippen molar-refractivity contribution in [1.29, 1.82) is 0 Å². The van der Waals surface area contributed by atoms with Gasteiger partial charge in [0.05, 0.1) is 6.61 Å². The predicted octanol–water partition coefficient (Wildman–Crippen LogP) is 2.43. The quantitative estimate of drug-likeness (QED) is 0.701. The van der Waals surface area contributed by atoms with Gasteiger partial charge in [0, 0.05) is 6.61 Å². The Kier molecular flexibility index (Phi) is 6.65. The molecule has 0 spiro atoms. The Morgan fingerprint density at radius 3 is 2.61 bits per heavy atom. The number of carbonyl (C=O) groups is 1. The van der Waals surface area contributed by atoms with E-state index in [1.807, 2.05) is 6.92 Å². The lowest BCUT2D eigenvalue weighted by molar-refractivity contribution is -0.147. The Morgan fingerprint density at radius 1 is 1.39 bits per heavy atom. The highest BCUT2D eigenvalue weighted by molar-refractivity contribution is 5.78. The molecule has 18 heavy (non-hydrogen) atoms. The van der Waals surface area contributed by atoms with Crippen LogP contribution >= 0.6 is 0 Å². The molecule has 0 saturated heterocycles. The summed E-state index contributed by atoms with van der Waals surface area (Å²) in [5.41, 5.74) is -0.954. The zero-order chi connectivity index (χ0) is 13.4. The smallest absolute Gasteiger partial charge is 0.326 e. The third-order valence-electron chi connectivity index (χ3n) is 3.71. The molecular weight excluding hydrogens is 230 g/mol. The van der Waals surface area contributed by atoms with Crippen molar-refractivity contribution in [2.24, 2.45) is 5.92 Å². The van der Waals surface area contributed by atoms with Gasteiger partial charge in [-0.1, -0.05) is 26.2 Å². The first kappa shape index (κ1) is 15.4. The summed E-state index contributed by atoms with van der Waals surface area (Å²) in [7, 11) is 0. The largest absolute Gasteiger partial charge is 0.480 e. The summed E-state index contributed by atoms with van der Waals surface area (Å²) >= 11 is 0. The van der Waals surface area contributed by atoms with Crippen molar-refractivity contribution in [2.45, 2.75) is 57.9 Å². The van der Waals surface area contributed by atoms with E-state index in [1.54, 1.807) is 6.92 Å². The van der Waals surface area contributed by atoms with Gasteiger partial charge < -0.3 is 15.2 Å². The van der Waals surface area contributed by atoms with Gasteiger partial charge in [-0.15, -0.1) is 0 Å². The van der Waals surface area contributed by atoms with E-state index in [1.165, 1.54) is 32.1 Å². The minimum atomic E-state index is -0.954. The molecule has 0 aromatic heterocycles. The molecule has 0 heterocycles. The summed E-state index contributed by atoms with van der Waals surface area (Å²) < 4.78 is 5.65. The lowest BCUT2D eigenvalue weighted by atomic mass is 9.90. The number of nitrogens with one attached hydrogen (secondary N) is 1. The summed E-state index contributed by atoms with van der Waals surface area (Å²) in [5, 5.41) is 12.3. The standard InChI is InChI=1S/C14H27NO3/c1-3-9-15-14(2,13(16)17)11-18-10-12-7-5-4-6-8-12/h12,15H,3-11H2,1-2H3,(H,16,17). The first-order valence-corrected chi connectivity index (χ1v) is 7.14. The molecule has 0 amide bonds. The molecule has 0 bridgehead atoms. The zero-order valence-electron chi connectivity index (χ0n) is 11.7. The van der Waals surface area contributed by atoms with Crippen LogP contribution < -0.4 is 5.32 Å². The summed E-state index contributed by atoms with van der Waals surface area (Å²) in [6, 6.07) is 0. The minimum Gasteiger partial charge on any atom is -0.480 e. The highest BCUT2D eigenvalue weighted by Crippen LogP contribution is 2.24. The van der Waals surface area contributed by atoms with Gasteiger partial charge >= 0.3 is 5.97 Å². The normalized spacial score (nSPS) is 20.6. The van der Waals surface area contributed by atoms with Crippen LogP contribution in [0.25, 0.3) is 0 Å². The Balaban J connectivity index is 2.30. The molecule has 2 N–H and O–H groups in total. The molecule has 1 aliphatic rings. The van der Waals surface area contributed by atoms with Crippen molar-refractivity contribution >= 4 is 5.97 Å². The van der Waals surface area contributed by atoms with E-state index in [-0.39, 0.29) is 6.61 Å². The maximum atomic E-state index is 11.3. The van der Waals surface area contributed by atoms with Gasteiger partial charge in [0.2, 0.25) is 0 Å². The van der Waals surface area contributed by atoms with Gasteiger partial charge in [-0.2, -0.15) is 0 Å². The molecule has 0 aromatic rings. The maximum absolute atomic E-state index is 11.3. The Labute approximate surface area is 110 Å². The molecule has 106 valence electrons. The highest BCUT2D eigenvalue weighted by atomic mass is 16.5. The van der Waals surface area contributed by atoms with Crippen LogP contribution in [0.15, 0.2) is 0 Å². The number of ether oxygens (including phenoxy) is 1. The van der Waals surface area contributed by atoms with Crippen LogP contribution in [-0.2, 0) is 9.53 Å². The minimum absolute atomic E-state index is 0.249. The maximum Gasteiger partial charge on any atom is 0.326 e. The molecule has 0 aliphatic heterocycles. The van der Waals surface area contributed by atoms with Crippen molar-refractivity contribution in [2.75, 3.05) is 19.8 Å². The van der Waals surface area contributed by atoms with E-state index in [0.717, 1.165) is 6.42 Å². The lowest BCUT2D eigenvalue weighted by Crippen LogP contribution is -2.53. The molecule has 1 unspecified atom stereocenters. The fourth-order valence-corrected chi connectivity index (χ4v) is 2.37. The van der Waals surface area contributed by atoms with E-state index < -0.39 is 11.5 Å². The Bertz CT molecular complexity index is 251. The van der Waals surface area contributed by atoms with Crippen LogP contribution in [0.3, 0.4) is 0 Å². The summed E-state index contributed by atoms with van der Waals surface area (Å²) in [4.78, 5) is 11.3. The molecule has 4 heteroatoms. The fraction of sp³-hybridized carbons (Fsp3) is 0.929. The van der Waals surface area contributed by atoms with Gasteiger partial charge in [0.15, 0.2) is 0 Å². The van der Waals surface area contributed by atoms with Gasteiger partial charge in [0.1, 0.15) is 5.54 Å². The van der Waals surface area contributed by atoms with Gasteiger partial charge in [-0.3, -0.25) is 4.79 Å². The van der Waals surface area contributed by atoms with Crippen molar-refractivity contribution in [3.63, 3.8) is 0 Å². The van der Waals surface area contributed by atoms with E-state index in [0.29, 0.717) is 19.1 Å². The molecule has 0 aromatic carbocycles. The first-order chi connectivity index (χ1) is 8.58. The van der Waals surface area contributed by atoms with Crippen LogP contribution in [0.2, 0.25) is 0 Å². The number of hydrogen-bond donors (Lipinski definition) is 2.